The van der Waals surface area contributed by atoms with E-state index < -0.39 is 5.97 Å². The average Bonchev–Trinajstić information content (AvgIpc) is 3.00. The van der Waals surface area contributed by atoms with Crippen molar-refractivity contribution >= 4 is 11.9 Å². The van der Waals surface area contributed by atoms with Crippen LogP contribution in [0, 0.1) is 0 Å². The molecule has 1 atom stereocenters. The molecule has 1 saturated heterocycles. The van der Waals surface area contributed by atoms with Gasteiger partial charge in [-0.05, 0) is 19.8 Å². The van der Waals surface area contributed by atoms with Gasteiger partial charge in [-0.2, -0.15) is 5.10 Å². The number of hydrogen-bond donors (Lipinski definition) is 1. The van der Waals surface area contributed by atoms with E-state index in [-0.39, 0.29) is 31.1 Å². The molecular weight excluding hydrogens is 276 g/mol. The summed E-state index contributed by atoms with van der Waals surface area (Å²) in [5.41, 5.74) is 0. The van der Waals surface area contributed by atoms with Crippen LogP contribution < -0.4 is 0 Å². The van der Waals surface area contributed by atoms with E-state index in [1.807, 2.05) is 0 Å². The van der Waals surface area contributed by atoms with Crippen molar-refractivity contribution in [2.24, 2.45) is 0 Å². The van der Waals surface area contributed by atoms with Crippen molar-refractivity contribution in [1.82, 2.24) is 19.7 Å². The molecular formula is C13H20N4O4. The quantitative estimate of drug-likeness (QED) is 0.812. The molecule has 0 aliphatic carbocycles. The molecule has 2 heterocycles. The maximum atomic E-state index is 12.3. The van der Waals surface area contributed by atoms with Gasteiger partial charge in [0.25, 0.3) is 0 Å². The molecule has 0 saturated carbocycles. The van der Waals surface area contributed by atoms with Crippen molar-refractivity contribution in [1.29, 1.82) is 0 Å². The number of piperidine rings is 1. The van der Waals surface area contributed by atoms with Crippen molar-refractivity contribution in [3.8, 4) is 0 Å². The first-order valence-electron chi connectivity index (χ1n) is 7.04. The van der Waals surface area contributed by atoms with E-state index in [9.17, 15) is 9.59 Å². The highest BCUT2D eigenvalue weighted by Gasteiger charge is 2.27. The minimum Gasteiger partial charge on any atom is -0.481 e. The molecule has 0 bridgehead atoms. The highest BCUT2D eigenvalue weighted by Crippen LogP contribution is 2.17. The molecule has 1 aliphatic heterocycles. The SMILES string of the molecule is CC(C(=O)N1CCC(OCCC(=O)O)CC1)n1cncn1. The monoisotopic (exact) mass is 296 g/mol. The van der Waals surface area contributed by atoms with Crippen LogP contribution in [-0.4, -0.2) is 62.4 Å². The van der Waals surface area contributed by atoms with Gasteiger partial charge in [-0.3, -0.25) is 9.59 Å². The van der Waals surface area contributed by atoms with E-state index in [1.165, 1.54) is 17.3 Å². The molecule has 1 unspecified atom stereocenters. The van der Waals surface area contributed by atoms with Crippen LogP contribution in [0.1, 0.15) is 32.2 Å². The summed E-state index contributed by atoms with van der Waals surface area (Å²) in [6.45, 7) is 3.26. The Bertz CT molecular complexity index is 469. The lowest BCUT2D eigenvalue weighted by Crippen LogP contribution is -2.43. The lowest BCUT2D eigenvalue weighted by Gasteiger charge is -2.33. The van der Waals surface area contributed by atoms with Crippen LogP contribution in [0.2, 0.25) is 0 Å². The predicted octanol–water partition coefficient (Wildman–Crippen LogP) is 0.321. The molecule has 1 aromatic heterocycles. The van der Waals surface area contributed by atoms with Gasteiger partial charge in [0.05, 0.1) is 19.1 Å². The topological polar surface area (TPSA) is 97.6 Å². The third kappa shape index (κ3) is 4.25. The first-order valence-corrected chi connectivity index (χ1v) is 7.04. The summed E-state index contributed by atoms with van der Waals surface area (Å²) >= 11 is 0. The number of aromatic nitrogens is 3. The summed E-state index contributed by atoms with van der Waals surface area (Å²) in [6.07, 6.45) is 4.46. The van der Waals surface area contributed by atoms with Gasteiger partial charge in [0.1, 0.15) is 18.7 Å². The molecule has 2 rings (SSSR count). The van der Waals surface area contributed by atoms with Gasteiger partial charge < -0.3 is 14.7 Å². The Morgan fingerprint density at radius 1 is 1.43 bits per heavy atom. The number of carbonyl (C=O) groups excluding carboxylic acids is 1. The van der Waals surface area contributed by atoms with Crippen LogP contribution in [0.25, 0.3) is 0 Å². The number of rotatable bonds is 6. The third-order valence-electron chi connectivity index (χ3n) is 3.61. The van der Waals surface area contributed by atoms with Crippen molar-refractivity contribution < 1.29 is 19.4 Å². The predicted molar refractivity (Wildman–Crippen MR) is 72.5 cm³/mol. The second-order valence-corrected chi connectivity index (χ2v) is 5.09. The molecule has 1 aromatic rings. The molecule has 116 valence electrons. The van der Waals surface area contributed by atoms with E-state index in [2.05, 4.69) is 10.1 Å². The molecule has 8 heteroatoms. The number of hydrogen-bond acceptors (Lipinski definition) is 5. The maximum Gasteiger partial charge on any atom is 0.305 e. The number of ether oxygens (including phenoxy) is 1. The Morgan fingerprint density at radius 2 is 2.14 bits per heavy atom. The van der Waals surface area contributed by atoms with Crippen LogP contribution in [0.4, 0.5) is 0 Å². The number of nitrogens with zero attached hydrogens (tertiary/aromatic N) is 4. The number of amides is 1. The van der Waals surface area contributed by atoms with E-state index >= 15 is 0 Å². The number of carboxylic acids is 1. The van der Waals surface area contributed by atoms with E-state index in [4.69, 9.17) is 9.84 Å². The van der Waals surface area contributed by atoms with Crippen molar-refractivity contribution in [2.45, 2.75) is 38.3 Å². The smallest absolute Gasteiger partial charge is 0.305 e. The van der Waals surface area contributed by atoms with Crippen LogP contribution in [0.15, 0.2) is 12.7 Å². The fourth-order valence-corrected chi connectivity index (χ4v) is 2.35. The van der Waals surface area contributed by atoms with Crippen molar-refractivity contribution in [3.63, 3.8) is 0 Å². The van der Waals surface area contributed by atoms with Gasteiger partial charge in [0, 0.05) is 13.1 Å². The Morgan fingerprint density at radius 3 is 2.71 bits per heavy atom. The molecule has 1 aliphatic rings. The lowest BCUT2D eigenvalue weighted by atomic mass is 10.1. The van der Waals surface area contributed by atoms with Crippen LogP contribution in [-0.2, 0) is 14.3 Å². The molecule has 1 fully saturated rings. The van der Waals surface area contributed by atoms with E-state index in [0.717, 1.165) is 12.8 Å². The summed E-state index contributed by atoms with van der Waals surface area (Å²) in [5, 5.41) is 12.5. The van der Waals surface area contributed by atoms with Crippen LogP contribution in [0.5, 0.6) is 0 Å². The number of aliphatic carboxylic acids is 1. The summed E-state index contributed by atoms with van der Waals surface area (Å²) in [4.78, 5) is 28.4. The number of likely N-dealkylation sites (tertiary alicyclic amines) is 1. The Hall–Kier alpha value is -1.96. The summed E-state index contributed by atoms with van der Waals surface area (Å²) in [5.74, 6) is -0.839. The zero-order valence-electron chi connectivity index (χ0n) is 12.0. The summed E-state index contributed by atoms with van der Waals surface area (Å²) < 4.78 is 7.05. The molecule has 1 amide bonds. The molecule has 1 N–H and O–H groups in total. The van der Waals surface area contributed by atoms with Gasteiger partial charge in [-0.1, -0.05) is 0 Å². The normalized spacial score (nSPS) is 17.7. The Labute approximate surface area is 122 Å². The summed E-state index contributed by atoms with van der Waals surface area (Å²) in [6, 6.07) is -0.364. The maximum absolute atomic E-state index is 12.3. The first-order chi connectivity index (χ1) is 10.1. The van der Waals surface area contributed by atoms with Gasteiger partial charge >= 0.3 is 5.97 Å². The molecule has 0 radical (unpaired) electrons. The standard InChI is InChI=1S/C13H20N4O4/c1-10(17-9-14-8-15-17)13(20)16-5-2-11(3-6-16)21-7-4-12(18)19/h8-11H,2-7H2,1H3,(H,18,19). The highest BCUT2D eigenvalue weighted by atomic mass is 16.5. The molecule has 21 heavy (non-hydrogen) atoms. The van der Waals surface area contributed by atoms with Crippen LogP contribution >= 0.6 is 0 Å². The average molecular weight is 296 g/mol. The lowest BCUT2D eigenvalue weighted by molar-refractivity contribution is -0.139. The molecule has 0 aromatic carbocycles. The minimum atomic E-state index is -0.857. The number of carboxylic acid groups (broad SMARTS) is 1. The van der Waals surface area contributed by atoms with Crippen LogP contribution in [0.3, 0.4) is 0 Å². The molecule has 8 nitrogen and oxygen atoms in total. The second kappa shape index (κ2) is 7.16. The zero-order chi connectivity index (χ0) is 15.2. The minimum absolute atomic E-state index is 0.0163. The van der Waals surface area contributed by atoms with Gasteiger partial charge in [0.15, 0.2) is 0 Å². The number of carbonyl (C=O) groups is 2. The highest BCUT2D eigenvalue weighted by molar-refractivity contribution is 5.80. The first kappa shape index (κ1) is 15.4. The van der Waals surface area contributed by atoms with Crippen molar-refractivity contribution in [2.75, 3.05) is 19.7 Å². The second-order valence-electron chi connectivity index (χ2n) is 5.09. The van der Waals surface area contributed by atoms with Gasteiger partial charge in [-0.25, -0.2) is 9.67 Å². The molecule has 0 spiro atoms. The van der Waals surface area contributed by atoms with Crippen molar-refractivity contribution in [3.05, 3.63) is 12.7 Å². The fraction of sp³-hybridized carbons (Fsp3) is 0.692. The largest absolute Gasteiger partial charge is 0.481 e. The van der Waals surface area contributed by atoms with Gasteiger partial charge in [-0.15, -0.1) is 0 Å². The fourth-order valence-electron chi connectivity index (χ4n) is 2.35. The van der Waals surface area contributed by atoms with E-state index in [0.29, 0.717) is 13.1 Å². The summed E-state index contributed by atoms with van der Waals surface area (Å²) in [7, 11) is 0. The Kier molecular flexibility index (Phi) is 5.26. The third-order valence-corrected chi connectivity index (χ3v) is 3.61. The Balaban J connectivity index is 1.75. The van der Waals surface area contributed by atoms with Gasteiger partial charge in [0.2, 0.25) is 5.91 Å². The zero-order valence-corrected chi connectivity index (χ0v) is 12.0. The van der Waals surface area contributed by atoms with E-state index in [1.54, 1.807) is 11.8 Å².